The number of ether oxygens (including phenoxy) is 3. The zero-order valence-electron chi connectivity index (χ0n) is 16.5. The molecule has 8 nitrogen and oxygen atoms in total. The molecule has 150 valence electrons. The third-order valence-corrected chi connectivity index (χ3v) is 4.71. The Morgan fingerprint density at radius 3 is 2.43 bits per heavy atom. The van der Waals surface area contributed by atoms with Crippen molar-refractivity contribution >= 4 is 11.9 Å². The van der Waals surface area contributed by atoms with Crippen LogP contribution in [0.25, 0.3) is 0 Å². The molecule has 0 fully saturated rings. The van der Waals surface area contributed by atoms with E-state index < -0.39 is 0 Å². The van der Waals surface area contributed by atoms with Gasteiger partial charge in [-0.2, -0.15) is 0 Å². The van der Waals surface area contributed by atoms with E-state index in [0.29, 0.717) is 37.0 Å². The summed E-state index contributed by atoms with van der Waals surface area (Å²) < 4.78 is 15.8. The number of nitrogens with one attached hydrogen (secondary N) is 1. The van der Waals surface area contributed by atoms with Crippen molar-refractivity contribution < 1.29 is 19.0 Å². The van der Waals surface area contributed by atoms with Crippen LogP contribution in [0.5, 0.6) is 11.5 Å². The molecule has 1 aliphatic heterocycles. The van der Waals surface area contributed by atoms with E-state index in [0.717, 1.165) is 30.7 Å². The number of fused-ring (bicyclic) bond motifs is 1. The van der Waals surface area contributed by atoms with Gasteiger partial charge in [-0.1, -0.05) is 0 Å². The van der Waals surface area contributed by atoms with Crippen LogP contribution in [0.1, 0.15) is 27.9 Å². The second-order valence-electron chi connectivity index (χ2n) is 6.52. The molecule has 0 aliphatic carbocycles. The van der Waals surface area contributed by atoms with Crippen molar-refractivity contribution in [3.63, 3.8) is 0 Å². The first-order chi connectivity index (χ1) is 13.7. The molecule has 0 saturated heterocycles. The Bertz CT molecular complexity index is 811. The highest BCUT2D eigenvalue weighted by Crippen LogP contribution is 2.33. The van der Waals surface area contributed by atoms with E-state index in [-0.39, 0.29) is 5.91 Å². The molecule has 28 heavy (non-hydrogen) atoms. The molecule has 1 N–H and O–H groups in total. The first-order valence-corrected chi connectivity index (χ1v) is 9.24. The van der Waals surface area contributed by atoms with Crippen LogP contribution in [0.3, 0.4) is 0 Å². The number of carbonyl (C=O) groups is 1. The van der Waals surface area contributed by atoms with Gasteiger partial charge in [0.15, 0.2) is 11.5 Å². The molecule has 0 spiro atoms. The van der Waals surface area contributed by atoms with Crippen molar-refractivity contribution in [3.05, 3.63) is 41.2 Å². The number of carbonyl (C=O) groups excluding carboxylic acids is 1. The molecule has 1 amide bonds. The number of benzene rings is 1. The Balaban J connectivity index is 1.66. The standard InChI is InChI=1S/C20H26N4O4/c1-26-8-4-6-21-19(25)16-11-22-20(23-12-16)24-7-5-14-9-17(27-2)18(28-3)10-15(14)13-24/h9-12H,4-8,13H2,1-3H3,(H,21,25). The van der Waals surface area contributed by atoms with Gasteiger partial charge in [0.2, 0.25) is 5.95 Å². The third-order valence-electron chi connectivity index (χ3n) is 4.71. The normalized spacial score (nSPS) is 13.0. The van der Waals surface area contributed by atoms with Crippen molar-refractivity contribution in [3.8, 4) is 11.5 Å². The van der Waals surface area contributed by atoms with E-state index in [2.05, 4.69) is 20.2 Å². The topological polar surface area (TPSA) is 85.8 Å². The van der Waals surface area contributed by atoms with E-state index in [1.807, 2.05) is 12.1 Å². The van der Waals surface area contributed by atoms with E-state index in [4.69, 9.17) is 14.2 Å². The minimum absolute atomic E-state index is 0.177. The Kier molecular flexibility index (Phi) is 6.65. The van der Waals surface area contributed by atoms with Gasteiger partial charge >= 0.3 is 0 Å². The Morgan fingerprint density at radius 2 is 1.79 bits per heavy atom. The summed E-state index contributed by atoms with van der Waals surface area (Å²) >= 11 is 0. The number of hydrogen-bond donors (Lipinski definition) is 1. The van der Waals surface area contributed by atoms with Gasteiger partial charge in [-0.15, -0.1) is 0 Å². The summed E-state index contributed by atoms with van der Waals surface area (Å²) in [5.41, 5.74) is 2.85. The van der Waals surface area contributed by atoms with E-state index >= 15 is 0 Å². The maximum atomic E-state index is 12.1. The minimum atomic E-state index is -0.177. The largest absolute Gasteiger partial charge is 0.493 e. The molecule has 3 rings (SSSR count). The quantitative estimate of drug-likeness (QED) is 0.693. The molecule has 0 radical (unpaired) electrons. The van der Waals surface area contributed by atoms with Gasteiger partial charge < -0.3 is 24.4 Å². The Hall–Kier alpha value is -2.87. The fraction of sp³-hybridized carbons (Fsp3) is 0.450. The predicted octanol–water partition coefficient (Wildman–Crippen LogP) is 1.82. The highest BCUT2D eigenvalue weighted by Gasteiger charge is 2.21. The highest BCUT2D eigenvalue weighted by molar-refractivity contribution is 5.93. The lowest BCUT2D eigenvalue weighted by Crippen LogP contribution is -2.32. The number of rotatable bonds is 8. The number of methoxy groups -OCH3 is 3. The fourth-order valence-electron chi connectivity index (χ4n) is 3.18. The molecule has 0 bridgehead atoms. The van der Waals surface area contributed by atoms with Crippen LogP contribution in [0, 0.1) is 0 Å². The zero-order valence-corrected chi connectivity index (χ0v) is 16.5. The number of anilines is 1. The van der Waals surface area contributed by atoms with Crippen molar-refractivity contribution in [2.45, 2.75) is 19.4 Å². The average molecular weight is 386 g/mol. The second-order valence-corrected chi connectivity index (χ2v) is 6.52. The molecule has 0 unspecified atom stereocenters. The molecular formula is C20H26N4O4. The SMILES string of the molecule is COCCCNC(=O)c1cnc(N2CCc3cc(OC)c(OC)cc3C2)nc1. The lowest BCUT2D eigenvalue weighted by atomic mass is 9.99. The van der Waals surface area contributed by atoms with Gasteiger partial charge in [-0.3, -0.25) is 4.79 Å². The first kappa shape index (κ1) is 19.9. The average Bonchev–Trinajstić information content (AvgIpc) is 2.75. The monoisotopic (exact) mass is 386 g/mol. The van der Waals surface area contributed by atoms with E-state index in [1.54, 1.807) is 33.7 Å². The minimum Gasteiger partial charge on any atom is -0.493 e. The van der Waals surface area contributed by atoms with Gasteiger partial charge in [0.1, 0.15) is 0 Å². The first-order valence-electron chi connectivity index (χ1n) is 9.24. The summed E-state index contributed by atoms with van der Waals surface area (Å²) in [5, 5.41) is 2.83. The predicted molar refractivity (Wildman–Crippen MR) is 105 cm³/mol. The van der Waals surface area contributed by atoms with Gasteiger partial charge in [0.25, 0.3) is 5.91 Å². The molecule has 2 heterocycles. The number of amides is 1. The summed E-state index contributed by atoms with van der Waals surface area (Å²) in [5.74, 6) is 1.89. The lowest BCUT2D eigenvalue weighted by Gasteiger charge is -2.29. The molecule has 1 aliphatic rings. The summed E-state index contributed by atoms with van der Waals surface area (Å²) in [6, 6.07) is 4.03. The molecule has 2 aromatic rings. The van der Waals surface area contributed by atoms with Crippen LogP contribution < -0.4 is 19.7 Å². The van der Waals surface area contributed by atoms with Crippen LogP contribution in [0.4, 0.5) is 5.95 Å². The fourth-order valence-corrected chi connectivity index (χ4v) is 3.18. The van der Waals surface area contributed by atoms with Gasteiger partial charge in [0, 0.05) is 45.7 Å². The van der Waals surface area contributed by atoms with Crippen molar-refractivity contribution in [1.82, 2.24) is 15.3 Å². The van der Waals surface area contributed by atoms with Gasteiger partial charge in [0.05, 0.1) is 19.8 Å². The summed E-state index contributed by atoms with van der Waals surface area (Å²) in [4.78, 5) is 23.0. The number of aromatic nitrogens is 2. The maximum Gasteiger partial charge on any atom is 0.254 e. The molecule has 8 heteroatoms. The summed E-state index contributed by atoms with van der Waals surface area (Å²) in [6.07, 6.45) is 4.76. The zero-order chi connectivity index (χ0) is 19.9. The number of hydrogen-bond acceptors (Lipinski definition) is 7. The van der Waals surface area contributed by atoms with Crippen LogP contribution in [-0.2, 0) is 17.7 Å². The molecular weight excluding hydrogens is 360 g/mol. The van der Waals surface area contributed by atoms with Crippen LogP contribution in [0.15, 0.2) is 24.5 Å². The highest BCUT2D eigenvalue weighted by atomic mass is 16.5. The van der Waals surface area contributed by atoms with Crippen molar-refractivity contribution in [2.24, 2.45) is 0 Å². The van der Waals surface area contributed by atoms with Crippen LogP contribution in [-0.4, -0.2) is 56.9 Å². The van der Waals surface area contributed by atoms with Crippen LogP contribution in [0.2, 0.25) is 0 Å². The number of nitrogens with zero attached hydrogens (tertiary/aromatic N) is 3. The lowest BCUT2D eigenvalue weighted by molar-refractivity contribution is 0.0948. The molecule has 0 saturated carbocycles. The summed E-state index contributed by atoms with van der Waals surface area (Å²) in [6.45, 7) is 2.65. The van der Waals surface area contributed by atoms with E-state index in [9.17, 15) is 4.79 Å². The van der Waals surface area contributed by atoms with Crippen molar-refractivity contribution in [2.75, 3.05) is 45.9 Å². The third kappa shape index (κ3) is 4.51. The smallest absolute Gasteiger partial charge is 0.254 e. The molecule has 0 atom stereocenters. The summed E-state index contributed by atoms with van der Waals surface area (Å²) in [7, 11) is 4.91. The molecule has 1 aromatic carbocycles. The van der Waals surface area contributed by atoms with Gasteiger partial charge in [-0.05, 0) is 36.1 Å². The molecule has 1 aromatic heterocycles. The maximum absolute atomic E-state index is 12.1. The van der Waals surface area contributed by atoms with Crippen LogP contribution >= 0.6 is 0 Å². The Morgan fingerprint density at radius 1 is 1.11 bits per heavy atom. The van der Waals surface area contributed by atoms with E-state index in [1.165, 1.54) is 5.56 Å². The Labute approximate surface area is 164 Å². The second kappa shape index (κ2) is 9.36. The van der Waals surface area contributed by atoms with Gasteiger partial charge in [-0.25, -0.2) is 9.97 Å². The van der Waals surface area contributed by atoms with Crippen molar-refractivity contribution in [1.29, 1.82) is 0 Å².